The van der Waals surface area contributed by atoms with Crippen LogP contribution < -0.4 is 9.64 Å². The highest BCUT2D eigenvalue weighted by molar-refractivity contribution is 8.19. The van der Waals surface area contributed by atoms with Crippen molar-refractivity contribution in [3.63, 3.8) is 0 Å². The van der Waals surface area contributed by atoms with Crippen LogP contribution in [0.1, 0.15) is 12.5 Å². The highest BCUT2D eigenvalue weighted by Gasteiger charge is 2.36. The molecule has 0 saturated carbocycles. The van der Waals surface area contributed by atoms with E-state index in [2.05, 4.69) is 0 Å². The standard InChI is InChI=1S/C18H14FNO3S/c1-2-23-15-9-7-14(8-10-15)20-17(21)16(24-18(20)22)11-12-3-5-13(19)6-4-12/h3-11H,2H2,1H3. The van der Waals surface area contributed by atoms with E-state index in [0.29, 0.717) is 28.5 Å². The summed E-state index contributed by atoms with van der Waals surface area (Å²) in [5, 5.41) is -0.363. The quantitative estimate of drug-likeness (QED) is 0.769. The number of hydrogen-bond donors (Lipinski definition) is 0. The zero-order valence-electron chi connectivity index (χ0n) is 12.9. The first-order valence-corrected chi connectivity index (χ1v) is 8.16. The summed E-state index contributed by atoms with van der Waals surface area (Å²) in [4.78, 5) is 26.1. The van der Waals surface area contributed by atoms with Gasteiger partial charge in [0.05, 0.1) is 17.2 Å². The first kappa shape index (κ1) is 16.3. The van der Waals surface area contributed by atoms with Crippen LogP contribution in [0.25, 0.3) is 6.08 Å². The van der Waals surface area contributed by atoms with E-state index >= 15 is 0 Å². The van der Waals surface area contributed by atoms with Gasteiger partial charge in [-0.25, -0.2) is 9.29 Å². The fourth-order valence-electron chi connectivity index (χ4n) is 2.26. The van der Waals surface area contributed by atoms with Gasteiger partial charge in [0.1, 0.15) is 11.6 Å². The number of amides is 2. The lowest BCUT2D eigenvalue weighted by molar-refractivity contribution is -0.113. The van der Waals surface area contributed by atoms with Crippen molar-refractivity contribution < 1.29 is 18.7 Å². The van der Waals surface area contributed by atoms with E-state index in [1.54, 1.807) is 42.5 Å². The Hall–Kier alpha value is -2.60. The van der Waals surface area contributed by atoms with Crippen molar-refractivity contribution in [1.82, 2.24) is 0 Å². The van der Waals surface area contributed by atoms with Crippen LogP contribution in [0.3, 0.4) is 0 Å². The number of anilines is 1. The highest BCUT2D eigenvalue weighted by atomic mass is 32.2. The molecule has 2 aromatic rings. The third-order valence-corrected chi connectivity index (χ3v) is 4.24. The molecule has 0 unspecified atom stereocenters. The third kappa shape index (κ3) is 3.33. The first-order chi connectivity index (χ1) is 11.6. The molecule has 0 N–H and O–H groups in total. The monoisotopic (exact) mass is 343 g/mol. The predicted octanol–water partition coefficient (Wildman–Crippen LogP) is 4.47. The molecule has 0 spiro atoms. The van der Waals surface area contributed by atoms with E-state index in [1.807, 2.05) is 6.92 Å². The second-order valence-electron chi connectivity index (χ2n) is 5.00. The van der Waals surface area contributed by atoms with E-state index in [9.17, 15) is 14.0 Å². The number of imide groups is 1. The molecule has 0 aromatic heterocycles. The number of thioether (sulfide) groups is 1. The van der Waals surface area contributed by atoms with E-state index in [-0.39, 0.29) is 11.1 Å². The Morgan fingerprint density at radius 1 is 1.08 bits per heavy atom. The van der Waals surface area contributed by atoms with E-state index in [4.69, 9.17) is 4.74 Å². The zero-order valence-corrected chi connectivity index (χ0v) is 13.7. The van der Waals surface area contributed by atoms with Gasteiger partial charge in [0.15, 0.2) is 0 Å². The molecule has 0 atom stereocenters. The van der Waals surface area contributed by atoms with Gasteiger partial charge in [-0.05, 0) is 66.7 Å². The minimum Gasteiger partial charge on any atom is -0.494 e. The number of halogens is 1. The lowest BCUT2D eigenvalue weighted by Gasteiger charge is -2.13. The normalized spacial score (nSPS) is 16.1. The van der Waals surface area contributed by atoms with Gasteiger partial charge >= 0.3 is 0 Å². The van der Waals surface area contributed by atoms with Crippen LogP contribution in [0.5, 0.6) is 5.75 Å². The summed E-state index contributed by atoms with van der Waals surface area (Å²) in [5.74, 6) is -0.0665. The average Bonchev–Trinajstić information content (AvgIpc) is 2.85. The van der Waals surface area contributed by atoms with Crippen molar-refractivity contribution in [3.8, 4) is 5.75 Å². The van der Waals surface area contributed by atoms with Crippen LogP contribution in [-0.2, 0) is 4.79 Å². The van der Waals surface area contributed by atoms with Crippen molar-refractivity contribution >= 4 is 34.7 Å². The lowest BCUT2D eigenvalue weighted by Crippen LogP contribution is -2.27. The van der Waals surface area contributed by atoms with Gasteiger partial charge in [0.25, 0.3) is 11.1 Å². The highest BCUT2D eigenvalue weighted by Crippen LogP contribution is 2.36. The molecule has 0 radical (unpaired) electrons. The molecule has 1 aliphatic rings. The number of benzene rings is 2. The van der Waals surface area contributed by atoms with Crippen LogP contribution in [0, 0.1) is 5.82 Å². The molecule has 0 aliphatic carbocycles. The number of rotatable bonds is 4. The Morgan fingerprint density at radius 3 is 2.38 bits per heavy atom. The van der Waals surface area contributed by atoms with Crippen molar-refractivity contribution in [2.45, 2.75) is 6.92 Å². The lowest BCUT2D eigenvalue weighted by atomic mass is 10.2. The molecular weight excluding hydrogens is 329 g/mol. The molecule has 3 rings (SSSR count). The minimum atomic E-state index is -0.390. The van der Waals surface area contributed by atoms with Gasteiger partial charge in [0, 0.05) is 0 Å². The Bertz CT molecular complexity index is 800. The Kier molecular flexibility index (Phi) is 4.66. The number of carbonyl (C=O) groups excluding carboxylic acids is 2. The third-order valence-electron chi connectivity index (χ3n) is 3.37. The Balaban J connectivity index is 1.84. The number of carbonyl (C=O) groups is 2. The van der Waals surface area contributed by atoms with Crippen LogP contribution >= 0.6 is 11.8 Å². The van der Waals surface area contributed by atoms with Gasteiger partial charge in [-0.15, -0.1) is 0 Å². The molecule has 24 heavy (non-hydrogen) atoms. The summed E-state index contributed by atoms with van der Waals surface area (Å²) in [6, 6.07) is 12.5. The van der Waals surface area contributed by atoms with Crippen molar-refractivity contribution in [2.24, 2.45) is 0 Å². The Morgan fingerprint density at radius 2 is 1.75 bits per heavy atom. The van der Waals surface area contributed by atoms with Crippen LogP contribution in [0.2, 0.25) is 0 Å². The maximum atomic E-state index is 12.9. The van der Waals surface area contributed by atoms with Crippen molar-refractivity contribution in [1.29, 1.82) is 0 Å². The fraction of sp³-hybridized carbons (Fsp3) is 0.111. The summed E-state index contributed by atoms with van der Waals surface area (Å²) in [5.41, 5.74) is 1.15. The largest absolute Gasteiger partial charge is 0.494 e. The van der Waals surface area contributed by atoms with Crippen LogP contribution in [0.4, 0.5) is 14.9 Å². The number of ether oxygens (including phenoxy) is 1. The van der Waals surface area contributed by atoms with Crippen molar-refractivity contribution in [2.75, 3.05) is 11.5 Å². The minimum absolute atomic E-state index is 0.306. The van der Waals surface area contributed by atoms with Crippen molar-refractivity contribution in [3.05, 3.63) is 64.8 Å². The maximum Gasteiger partial charge on any atom is 0.298 e. The maximum absolute atomic E-state index is 12.9. The van der Waals surface area contributed by atoms with E-state index in [0.717, 1.165) is 16.7 Å². The molecule has 1 fully saturated rings. The van der Waals surface area contributed by atoms with Gasteiger partial charge in [-0.1, -0.05) is 12.1 Å². The van der Waals surface area contributed by atoms with Gasteiger partial charge in [-0.2, -0.15) is 0 Å². The van der Waals surface area contributed by atoms with Gasteiger partial charge in [-0.3, -0.25) is 9.59 Å². The summed E-state index contributed by atoms with van der Waals surface area (Å²) in [6.07, 6.45) is 1.58. The Labute approximate surface area is 142 Å². The molecule has 4 nitrogen and oxygen atoms in total. The topological polar surface area (TPSA) is 46.6 Å². The molecule has 1 heterocycles. The smallest absolute Gasteiger partial charge is 0.298 e. The van der Waals surface area contributed by atoms with Gasteiger partial charge < -0.3 is 4.74 Å². The number of hydrogen-bond acceptors (Lipinski definition) is 4. The van der Waals surface area contributed by atoms with Crippen LogP contribution in [0.15, 0.2) is 53.4 Å². The second-order valence-corrected chi connectivity index (χ2v) is 5.99. The van der Waals surface area contributed by atoms with E-state index < -0.39 is 5.91 Å². The summed E-state index contributed by atoms with van der Waals surface area (Å²) in [7, 11) is 0. The van der Waals surface area contributed by atoms with E-state index in [1.165, 1.54) is 12.1 Å². The average molecular weight is 343 g/mol. The molecule has 6 heteroatoms. The molecule has 2 amide bonds. The first-order valence-electron chi connectivity index (χ1n) is 7.35. The second kappa shape index (κ2) is 6.88. The predicted molar refractivity (Wildman–Crippen MR) is 92.5 cm³/mol. The summed E-state index contributed by atoms with van der Waals surface area (Å²) in [6.45, 7) is 2.42. The summed E-state index contributed by atoms with van der Waals surface area (Å²) >= 11 is 0.864. The molecule has 1 saturated heterocycles. The SMILES string of the molecule is CCOc1ccc(N2C(=O)SC(=Cc3ccc(F)cc3)C2=O)cc1. The number of nitrogens with zero attached hydrogens (tertiary/aromatic N) is 1. The van der Waals surface area contributed by atoms with Gasteiger partial charge in [0.2, 0.25) is 0 Å². The molecular formula is C18H14FNO3S. The molecule has 1 aliphatic heterocycles. The van der Waals surface area contributed by atoms with Crippen LogP contribution in [-0.4, -0.2) is 17.8 Å². The molecule has 122 valence electrons. The summed E-state index contributed by atoms with van der Waals surface area (Å²) < 4.78 is 18.3. The zero-order chi connectivity index (χ0) is 17.1. The fourth-order valence-corrected chi connectivity index (χ4v) is 3.10. The molecule has 0 bridgehead atoms. The molecule has 2 aromatic carbocycles.